The van der Waals surface area contributed by atoms with Gasteiger partial charge in [0.1, 0.15) is 0 Å². The quantitative estimate of drug-likeness (QED) is 0.907. The number of urea groups is 1. The molecule has 18 heavy (non-hydrogen) atoms. The summed E-state index contributed by atoms with van der Waals surface area (Å²) in [6.07, 6.45) is 0.996. The highest BCUT2D eigenvalue weighted by atomic mass is 79.9. The molecule has 0 aromatic heterocycles. The van der Waals surface area contributed by atoms with E-state index in [0.717, 1.165) is 36.6 Å². The van der Waals surface area contributed by atoms with Gasteiger partial charge in [0.15, 0.2) is 11.5 Å². The average molecular weight is 315 g/mol. The van der Waals surface area contributed by atoms with Crippen LogP contribution in [0.1, 0.15) is 12.0 Å². The van der Waals surface area contributed by atoms with Gasteiger partial charge in [-0.25, -0.2) is 4.79 Å². The van der Waals surface area contributed by atoms with Gasteiger partial charge in [-0.1, -0.05) is 6.07 Å². The van der Waals surface area contributed by atoms with Crippen molar-refractivity contribution in [3.05, 3.63) is 23.8 Å². The molecule has 0 atom stereocenters. The van der Waals surface area contributed by atoms with E-state index in [2.05, 4.69) is 5.32 Å². The molecule has 0 saturated carbocycles. The van der Waals surface area contributed by atoms with Crippen LogP contribution >= 0.6 is 17.0 Å². The van der Waals surface area contributed by atoms with Gasteiger partial charge >= 0.3 is 6.03 Å². The molecule has 6 heteroatoms. The third kappa shape index (κ3) is 2.53. The highest BCUT2D eigenvalue weighted by Crippen LogP contribution is 2.32. The lowest BCUT2D eigenvalue weighted by atomic mass is 10.2. The number of hydrogen-bond donors (Lipinski definition) is 1. The highest BCUT2D eigenvalue weighted by Gasteiger charge is 2.19. The Hall–Kier alpha value is -1.43. The molecular formula is C12H15BrN2O3. The van der Waals surface area contributed by atoms with Crippen molar-refractivity contribution in [3.8, 4) is 11.5 Å². The van der Waals surface area contributed by atoms with Crippen LogP contribution in [0.3, 0.4) is 0 Å². The van der Waals surface area contributed by atoms with Gasteiger partial charge in [-0.15, -0.1) is 17.0 Å². The number of hydrogen-bond acceptors (Lipinski definition) is 3. The van der Waals surface area contributed by atoms with E-state index in [9.17, 15) is 4.79 Å². The van der Waals surface area contributed by atoms with Crippen LogP contribution in [0.5, 0.6) is 11.5 Å². The first kappa shape index (κ1) is 13.0. The molecule has 2 aliphatic rings. The van der Waals surface area contributed by atoms with Crippen LogP contribution in [0, 0.1) is 0 Å². The third-order valence-corrected chi connectivity index (χ3v) is 2.98. The summed E-state index contributed by atoms with van der Waals surface area (Å²) >= 11 is 0. The second-order valence-electron chi connectivity index (χ2n) is 4.19. The van der Waals surface area contributed by atoms with Crippen molar-refractivity contribution in [2.75, 3.05) is 19.9 Å². The molecule has 1 aromatic rings. The minimum atomic E-state index is 0. The summed E-state index contributed by atoms with van der Waals surface area (Å²) in [5.74, 6) is 1.54. The maximum Gasteiger partial charge on any atom is 0.317 e. The van der Waals surface area contributed by atoms with Gasteiger partial charge in [0, 0.05) is 19.6 Å². The van der Waals surface area contributed by atoms with E-state index in [1.807, 2.05) is 18.2 Å². The fourth-order valence-electron chi connectivity index (χ4n) is 2.09. The molecule has 2 amide bonds. The molecule has 1 N–H and O–H groups in total. The van der Waals surface area contributed by atoms with Crippen LogP contribution in [0.15, 0.2) is 18.2 Å². The zero-order valence-corrected chi connectivity index (χ0v) is 11.6. The molecular weight excluding hydrogens is 300 g/mol. The molecule has 2 aliphatic heterocycles. The van der Waals surface area contributed by atoms with E-state index >= 15 is 0 Å². The molecule has 0 radical (unpaired) electrons. The van der Waals surface area contributed by atoms with Crippen LogP contribution in [0.4, 0.5) is 4.79 Å². The fraction of sp³-hybridized carbons (Fsp3) is 0.417. The summed E-state index contributed by atoms with van der Waals surface area (Å²) in [6.45, 7) is 2.47. The molecule has 1 saturated heterocycles. The Morgan fingerprint density at radius 2 is 2.11 bits per heavy atom. The Labute approximate surface area is 116 Å². The number of amides is 2. The zero-order valence-electron chi connectivity index (χ0n) is 9.85. The Balaban J connectivity index is 0.00000120. The van der Waals surface area contributed by atoms with E-state index < -0.39 is 0 Å². The van der Waals surface area contributed by atoms with E-state index in [0.29, 0.717) is 6.54 Å². The summed E-state index contributed by atoms with van der Waals surface area (Å²) in [5, 5.41) is 2.84. The minimum Gasteiger partial charge on any atom is -0.454 e. The average Bonchev–Trinajstić information content (AvgIpc) is 2.79. The number of fused-ring (bicyclic) bond motifs is 1. The van der Waals surface area contributed by atoms with Crippen molar-refractivity contribution >= 4 is 23.0 Å². The predicted octanol–water partition coefficient (Wildman–Crippen LogP) is 1.91. The Morgan fingerprint density at radius 1 is 1.28 bits per heavy atom. The predicted molar refractivity (Wildman–Crippen MR) is 71.3 cm³/mol. The van der Waals surface area contributed by atoms with Gasteiger partial charge in [-0.2, -0.15) is 0 Å². The molecule has 0 aliphatic carbocycles. The first-order chi connectivity index (χ1) is 8.33. The van der Waals surface area contributed by atoms with Gasteiger partial charge in [0.05, 0.1) is 0 Å². The van der Waals surface area contributed by atoms with Gasteiger partial charge in [0.25, 0.3) is 0 Å². The van der Waals surface area contributed by atoms with Gasteiger partial charge in [-0.3, -0.25) is 0 Å². The number of nitrogens with one attached hydrogen (secondary N) is 1. The molecule has 0 unspecified atom stereocenters. The van der Waals surface area contributed by atoms with Crippen molar-refractivity contribution in [2.45, 2.75) is 13.0 Å². The van der Waals surface area contributed by atoms with Gasteiger partial charge < -0.3 is 19.7 Å². The number of halogens is 1. The zero-order chi connectivity index (χ0) is 11.7. The van der Waals surface area contributed by atoms with Crippen LogP contribution in [-0.4, -0.2) is 30.8 Å². The number of carbonyl (C=O) groups excluding carboxylic acids is 1. The lowest BCUT2D eigenvalue weighted by Crippen LogP contribution is -2.45. The molecule has 2 heterocycles. The summed E-state index contributed by atoms with van der Waals surface area (Å²) in [4.78, 5) is 13.4. The van der Waals surface area contributed by atoms with Crippen molar-refractivity contribution in [3.63, 3.8) is 0 Å². The minimum absolute atomic E-state index is 0. The molecule has 0 spiro atoms. The SMILES string of the molecule is Br.O=C1NCCCN1Cc1ccc2c(c1)OCO2. The number of nitrogens with zero attached hydrogens (tertiary/aromatic N) is 1. The van der Waals surface area contributed by atoms with E-state index in [-0.39, 0.29) is 29.8 Å². The van der Waals surface area contributed by atoms with Crippen molar-refractivity contribution in [1.29, 1.82) is 0 Å². The van der Waals surface area contributed by atoms with Crippen LogP contribution in [0.2, 0.25) is 0 Å². The monoisotopic (exact) mass is 314 g/mol. The van der Waals surface area contributed by atoms with Gasteiger partial charge in [0.2, 0.25) is 6.79 Å². The first-order valence-electron chi connectivity index (χ1n) is 5.74. The van der Waals surface area contributed by atoms with Crippen molar-refractivity contribution in [2.24, 2.45) is 0 Å². The van der Waals surface area contributed by atoms with Crippen molar-refractivity contribution in [1.82, 2.24) is 10.2 Å². The number of ether oxygens (including phenoxy) is 2. The highest BCUT2D eigenvalue weighted by molar-refractivity contribution is 8.93. The van der Waals surface area contributed by atoms with Crippen LogP contribution < -0.4 is 14.8 Å². The largest absolute Gasteiger partial charge is 0.454 e. The Bertz CT molecular complexity index is 453. The van der Waals surface area contributed by atoms with E-state index in [1.165, 1.54) is 0 Å². The van der Waals surface area contributed by atoms with E-state index in [1.54, 1.807) is 4.90 Å². The fourth-order valence-corrected chi connectivity index (χ4v) is 2.09. The smallest absolute Gasteiger partial charge is 0.317 e. The van der Waals surface area contributed by atoms with Crippen LogP contribution in [0.25, 0.3) is 0 Å². The van der Waals surface area contributed by atoms with Gasteiger partial charge in [-0.05, 0) is 24.1 Å². The van der Waals surface area contributed by atoms with Crippen molar-refractivity contribution < 1.29 is 14.3 Å². The number of benzene rings is 1. The second kappa shape index (κ2) is 5.48. The molecule has 1 aromatic carbocycles. The summed E-state index contributed by atoms with van der Waals surface area (Å²) in [6, 6.07) is 5.80. The molecule has 5 nitrogen and oxygen atoms in total. The topological polar surface area (TPSA) is 50.8 Å². The van der Waals surface area contributed by atoms with Crippen LogP contribution in [-0.2, 0) is 6.54 Å². The Morgan fingerprint density at radius 3 is 2.94 bits per heavy atom. The number of rotatable bonds is 2. The third-order valence-electron chi connectivity index (χ3n) is 2.98. The lowest BCUT2D eigenvalue weighted by Gasteiger charge is -2.27. The molecule has 98 valence electrons. The normalized spacial score (nSPS) is 17.1. The first-order valence-corrected chi connectivity index (χ1v) is 5.74. The molecule has 3 rings (SSSR count). The Kier molecular flexibility index (Phi) is 3.96. The van der Waals surface area contributed by atoms with E-state index in [4.69, 9.17) is 9.47 Å². The maximum absolute atomic E-state index is 11.6. The molecule has 1 fully saturated rings. The summed E-state index contributed by atoms with van der Waals surface area (Å²) in [5.41, 5.74) is 1.06. The molecule has 0 bridgehead atoms. The summed E-state index contributed by atoms with van der Waals surface area (Å²) < 4.78 is 10.6. The number of carbonyl (C=O) groups is 1. The standard InChI is InChI=1S/C12H14N2O3.BrH/c15-12-13-4-1-5-14(12)7-9-2-3-10-11(6-9)17-8-16-10;/h2-3,6H,1,4-5,7-8H2,(H,13,15);1H. The lowest BCUT2D eigenvalue weighted by molar-refractivity contribution is 0.173. The summed E-state index contributed by atoms with van der Waals surface area (Å²) in [7, 11) is 0. The second-order valence-corrected chi connectivity index (χ2v) is 4.19. The maximum atomic E-state index is 11.6.